The largest absolute Gasteiger partial charge is 0.364 e. The number of hydrogen-bond donors (Lipinski definition) is 0. The van der Waals surface area contributed by atoms with Gasteiger partial charge in [0, 0.05) is 20.1 Å². The molecule has 0 aliphatic carbocycles. The molecule has 0 aromatic rings. The lowest BCUT2D eigenvalue weighted by atomic mass is 10.6. The van der Waals surface area contributed by atoms with Crippen molar-refractivity contribution >= 4 is 6.34 Å². The maximum absolute atomic E-state index is 3.88. The summed E-state index contributed by atoms with van der Waals surface area (Å²) in [4.78, 5) is 6.02. The zero-order valence-corrected chi connectivity index (χ0v) is 5.89. The molecule has 0 aromatic heterocycles. The van der Waals surface area contributed by atoms with E-state index < -0.39 is 0 Å². The van der Waals surface area contributed by atoms with E-state index in [1.807, 2.05) is 6.34 Å². The van der Waals surface area contributed by atoms with Crippen LogP contribution in [0.2, 0.25) is 0 Å². The molecule has 0 saturated carbocycles. The van der Waals surface area contributed by atoms with Crippen molar-refractivity contribution < 1.29 is 0 Å². The first-order chi connectivity index (χ1) is 3.85. The molecule has 48 valence electrons. The van der Waals surface area contributed by atoms with Crippen molar-refractivity contribution in [2.75, 3.05) is 20.1 Å². The highest BCUT2D eigenvalue weighted by Gasteiger charge is 1.86. The number of nitrogens with zero attached hydrogens (tertiary/aromatic N) is 2. The second-order valence-electron chi connectivity index (χ2n) is 1.59. The molecule has 8 heavy (non-hydrogen) atoms. The molecule has 2 heteroatoms. The molecule has 0 fully saturated rings. The molecular weight excluding hydrogens is 100 g/mol. The Labute approximate surface area is 51.2 Å². The van der Waals surface area contributed by atoms with Crippen LogP contribution in [-0.2, 0) is 0 Å². The quantitative estimate of drug-likeness (QED) is 0.394. The first-order valence-electron chi connectivity index (χ1n) is 3.01. The third kappa shape index (κ3) is 2.61. The van der Waals surface area contributed by atoms with Crippen LogP contribution in [0.1, 0.15) is 13.8 Å². The van der Waals surface area contributed by atoms with Crippen LogP contribution in [-0.4, -0.2) is 31.4 Å². The van der Waals surface area contributed by atoms with Crippen molar-refractivity contribution in [3.05, 3.63) is 0 Å². The predicted octanol–water partition coefficient (Wildman–Crippen LogP) is 0.986. The van der Waals surface area contributed by atoms with Crippen LogP contribution < -0.4 is 0 Å². The lowest BCUT2D eigenvalue weighted by Crippen LogP contribution is -2.20. The van der Waals surface area contributed by atoms with Crippen molar-refractivity contribution in [3.63, 3.8) is 0 Å². The topological polar surface area (TPSA) is 15.6 Å². The van der Waals surface area contributed by atoms with Crippen molar-refractivity contribution in [1.82, 2.24) is 4.90 Å². The van der Waals surface area contributed by atoms with Crippen LogP contribution in [0, 0.1) is 0 Å². The summed E-state index contributed by atoms with van der Waals surface area (Å²) < 4.78 is 0. The lowest BCUT2D eigenvalue weighted by molar-refractivity contribution is 0.479. The van der Waals surface area contributed by atoms with Gasteiger partial charge in [-0.1, -0.05) is 0 Å². The molecular formula is C6H14N2. The first kappa shape index (κ1) is 7.47. The highest BCUT2D eigenvalue weighted by molar-refractivity contribution is 5.54. The zero-order chi connectivity index (χ0) is 6.41. The van der Waals surface area contributed by atoms with E-state index in [0.717, 1.165) is 13.1 Å². The van der Waals surface area contributed by atoms with E-state index in [9.17, 15) is 0 Å². The number of aliphatic imine (C=N–C) groups is 1. The van der Waals surface area contributed by atoms with Gasteiger partial charge in [-0.2, -0.15) is 0 Å². The number of rotatable bonds is 3. The molecule has 0 N–H and O–H groups in total. The van der Waals surface area contributed by atoms with E-state index >= 15 is 0 Å². The summed E-state index contributed by atoms with van der Waals surface area (Å²) >= 11 is 0. The van der Waals surface area contributed by atoms with Gasteiger partial charge in [0.25, 0.3) is 0 Å². The summed E-state index contributed by atoms with van der Waals surface area (Å²) in [5.41, 5.74) is 0. The van der Waals surface area contributed by atoms with Gasteiger partial charge in [-0.3, -0.25) is 4.99 Å². The minimum atomic E-state index is 1.05. The SMILES string of the molecule is CCN(/C=N/C)CC. The van der Waals surface area contributed by atoms with Gasteiger partial charge in [0.15, 0.2) is 0 Å². The predicted molar refractivity (Wildman–Crippen MR) is 37.3 cm³/mol. The normalized spacial score (nSPS) is 10.4. The average Bonchev–Trinajstić information content (AvgIpc) is 1.83. The third-order valence-electron chi connectivity index (χ3n) is 1.09. The monoisotopic (exact) mass is 114 g/mol. The second kappa shape index (κ2) is 4.62. The van der Waals surface area contributed by atoms with E-state index in [0.29, 0.717) is 0 Å². The van der Waals surface area contributed by atoms with E-state index in [2.05, 4.69) is 23.7 Å². The Kier molecular flexibility index (Phi) is 4.32. The highest BCUT2D eigenvalue weighted by Crippen LogP contribution is 1.78. The van der Waals surface area contributed by atoms with E-state index in [1.165, 1.54) is 0 Å². The average molecular weight is 114 g/mol. The van der Waals surface area contributed by atoms with Crippen molar-refractivity contribution in [3.8, 4) is 0 Å². The molecule has 0 radical (unpaired) electrons. The Morgan fingerprint density at radius 3 is 2.00 bits per heavy atom. The van der Waals surface area contributed by atoms with Crippen molar-refractivity contribution in [2.24, 2.45) is 4.99 Å². The molecule has 0 aliphatic rings. The summed E-state index contributed by atoms with van der Waals surface area (Å²) in [6.45, 7) is 6.33. The third-order valence-corrected chi connectivity index (χ3v) is 1.09. The summed E-state index contributed by atoms with van der Waals surface area (Å²) in [5.74, 6) is 0. The van der Waals surface area contributed by atoms with Crippen LogP contribution in [0.15, 0.2) is 4.99 Å². The molecule has 0 saturated heterocycles. The molecule has 0 unspecified atom stereocenters. The van der Waals surface area contributed by atoms with Crippen LogP contribution in [0.4, 0.5) is 0 Å². The standard InChI is InChI=1S/C6H14N2/c1-4-8(5-2)6-7-3/h6H,4-5H2,1-3H3/b7-6+. The highest BCUT2D eigenvalue weighted by atomic mass is 15.1. The van der Waals surface area contributed by atoms with Crippen molar-refractivity contribution in [1.29, 1.82) is 0 Å². The lowest BCUT2D eigenvalue weighted by Gasteiger charge is -2.12. The summed E-state index contributed by atoms with van der Waals surface area (Å²) in [5, 5.41) is 0. The van der Waals surface area contributed by atoms with E-state index in [1.54, 1.807) is 7.05 Å². The Morgan fingerprint density at radius 2 is 1.88 bits per heavy atom. The molecule has 0 atom stereocenters. The zero-order valence-electron chi connectivity index (χ0n) is 5.89. The first-order valence-corrected chi connectivity index (χ1v) is 3.01. The van der Waals surface area contributed by atoms with Crippen LogP contribution in [0.5, 0.6) is 0 Å². The Hall–Kier alpha value is -0.530. The van der Waals surface area contributed by atoms with Gasteiger partial charge in [-0.15, -0.1) is 0 Å². The maximum atomic E-state index is 3.88. The van der Waals surface area contributed by atoms with E-state index in [4.69, 9.17) is 0 Å². The molecule has 0 spiro atoms. The van der Waals surface area contributed by atoms with Gasteiger partial charge >= 0.3 is 0 Å². The van der Waals surface area contributed by atoms with Crippen LogP contribution in [0.25, 0.3) is 0 Å². The van der Waals surface area contributed by atoms with Gasteiger partial charge < -0.3 is 4.90 Å². The van der Waals surface area contributed by atoms with E-state index in [-0.39, 0.29) is 0 Å². The Morgan fingerprint density at radius 1 is 1.38 bits per heavy atom. The van der Waals surface area contributed by atoms with Crippen LogP contribution >= 0.6 is 0 Å². The maximum Gasteiger partial charge on any atom is 0.0846 e. The van der Waals surface area contributed by atoms with Gasteiger partial charge in [0.1, 0.15) is 0 Å². The minimum Gasteiger partial charge on any atom is -0.364 e. The molecule has 0 bridgehead atoms. The Bertz CT molecular complexity index is 64.9. The number of hydrogen-bond acceptors (Lipinski definition) is 1. The summed E-state index contributed by atoms with van der Waals surface area (Å²) in [6, 6.07) is 0. The summed E-state index contributed by atoms with van der Waals surface area (Å²) in [7, 11) is 1.79. The molecule has 0 aromatic carbocycles. The fraction of sp³-hybridized carbons (Fsp3) is 0.833. The Balaban J connectivity index is 3.36. The fourth-order valence-electron chi connectivity index (χ4n) is 0.550. The van der Waals surface area contributed by atoms with Gasteiger partial charge in [-0.05, 0) is 13.8 Å². The molecule has 2 nitrogen and oxygen atoms in total. The van der Waals surface area contributed by atoms with Crippen LogP contribution in [0.3, 0.4) is 0 Å². The second-order valence-corrected chi connectivity index (χ2v) is 1.59. The molecule has 0 rings (SSSR count). The van der Waals surface area contributed by atoms with Crippen molar-refractivity contribution in [2.45, 2.75) is 13.8 Å². The smallest absolute Gasteiger partial charge is 0.0846 e. The summed E-state index contributed by atoms with van der Waals surface area (Å²) in [6.07, 6.45) is 1.86. The van der Waals surface area contributed by atoms with Gasteiger partial charge in [0.2, 0.25) is 0 Å². The molecule has 0 aliphatic heterocycles. The molecule has 0 heterocycles. The van der Waals surface area contributed by atoms with Gasteiger partial charge in [0.05, 0.1) is 6.34 Å². The molecule has 0 amide bonds. The fourth-order valence-corrected chi connectivity index (χ4v) is 0.550. The van der Waals surface area contributed by atoms with Gasteiger partial charge in [-0.25, -0.2) is 0 Å². The minimum absolute atomic E-state index is 1.05.